The molecule has 3 aromatic heterocycles. The summed E-state index contributed by atoms with van der Waals surface area (Å²) >= 11 is 3.17. The summed E-state index contributed by atoms with van der Waals surface area (Å²) in [6.07, 6.45) is 2.49. The number of thioether (sulfide) groups is 1. The lowest BCUT2D eigenvalue weighted by molar-refractivity contribution is 0.316. The van der Waals surface area contributed by atoms with E-state index in [1.54, 1.807) is 23.1 Å². The van der Waals surface area contributed by atoms with Gasteiger partial charge in [-0.2, -0.15) is 0 Å². The maximum atomic E-state index is 12.8. The lowest BCUT2D eigenvalue weighted by atomic mass is 10.2. The summed E-state index contributed by atoms with van der Waals surface area (Å²) in [5.41, 5.74) is 2.17. The molecule has 0 saturated carbocycles. The molecule has 33 heavy (non-hydrogen) atoms. The molecule has 0 spiro atoms. The van der Waals surface area contributed by atoms with E-state index in [0.717, 1.165) is 52.4 Å². The topological polar surface area (TPSA) is 79.7 Å². The number of H-pyrrole nitrogens is 1. The van der Waals surface area contributed by atoms with Crippen molar-refractivity contribution in [2.45, 2.75) is 57.1 Å². The first-order valence-electron chi connectivity index (χ1n) is 11.3. The zero-order valence-corrected chi connectivity index (χ0v) is 20.8. The van der Waals surface area contributed by atoms with Crippen LogP contribution in [0, 0.1) is 13.8 Å². The number of nitrogens with one attached hydrogen (secondary N) is 1. The quantitative estimate of drug-likeness (QED) is 0.387. The predicted molar refractivity (Wildman–Crippen MR) is 134 cm³/mol. The minimum Gasteiger partial charge on any atom is -0.309 e. The number of hydrogen-bond acceptors (Lipinski definition) is 7. The van der Waals surface area contributed by atoms with Crippen LogP contribution in [0.3, 0.4) is 0 Å². The third-order valence-electron chi connectivity index (χ3n) is 6.27. The minimum absolute atomic E-state index is 0.0650. The minimum atomic E-state index is -0.0665. The van der Waals surface area contributed by atoms with Crippen LogP contribution < -0.4 is 5.56 Å². The summed E-state index contributed by atoms with van der Waals surface area (Å²) in [4.78, 5) is 24.9. The summed E-state index contributed by atoms with van der Waals surface area (Å²) in [6.45, 7) is 9.83. The van der Waals surface area contributed by atoms with Gasteiger partial charge in [0.05, 0.1) is 23.7 Å². The first-order valence-corrected chi connectivity index (χ1v) is 13.0. The van der Waals surface area contributed by atoms with E-state index in [-0.39, 0.29) is 10.8 Å². The number of nitrogens with zero attached hydrogens (tertiary/aromatic N) is 5. The van der Waals surface area contributed by atoms with Crippen molar-refractivity contribution in [3.8, 4) is 0 Å². The van der Waals surface area contributed by atoms with Crippen LogP contribution in [-0.4, -0.2) is 42.7 Å². The standard InChI is InChI=1S/C24H28N6OS2/c1-15-16(2)32-23-20(15)22(31)25-21(26-23)17(3)33-24-28-27-19(14-29-11-7-8-12-29)30(24)13-18-9-5-4-6-10-18/h4-6,9-10,17H,7-8,11-14H2,1-3H3,(H,25,26,31). The molecule has 1 saturated heterocycles. The van der Waals surface area contributed by atoms with Gasteiger partial charge in [-0.25, -0.2) is 4.98 Å². The Morgan fingerprint density at radius 3 is 2.64 bits per heavy atom. The maximum absolute atomic E-state index is 12.8. The highest BCUT2D eigenvalue weighted by Gasteiger charge is 2.22. The number of hydrogen-bond donors (Lipinski definition) is 1. The van der Waals surface area contributed by atoms with Crippen LogP contribution in [-0.2, 0) is 13.1 Å². The Hall–Kier alpha value is -2.49. The molecule has 1 N–H and O–H groups in total. The van der Waals surface area contributed by atoms with Crippen LogP contribution in [0.15, 0.2) is 40.3 Å². The number of fused-ring (bicyclic) bond motifs is 1. The lowest BCUT2D eigenvalue weighted by Gasteiger charge is -2.17. The molecule has 0 amide bonds. The molecule has 4 heterocycles. The van der Waals surface area contributed by atoms with Crippen LogP contribution >= 0.6 is 23.1 Å². The van der Waals surface area contributed by atoms with E-state index in [4.69, 9.17) is 4.98 Å². The highest BCUT2D eigenvalue weighted by molar-refractivity contribution is 7.99. The zero-order chi connectivity index (χ0) is 22.9. The van der Waals surface area contributed by atoms with Gasteiger partial charge < -0.3 is 9.55 Å². The van der Waals surface area contributed by atoms with Gasteiger partial charge in [-0.15, -0.1) is 21.5 Å². The fourth-order valence-electron chi connectivity index (χ4n) is 4.27. The molecule has 1 aliphatic heterocycles. The SMILES string of the molecule is Cc1sc2nc(C(C)Sc3nnc(CN4CCCC4)n3Cc3ccccc3)[nH]c(=O)c2c1C. The van der Waals surface area contributed by atoms with Gasteiger partial charge in [0.25, 0.3) is 5.56 Å². The normalized spacial score (nSPS) is 15.5. The van der Waals surface area contributed by atoms with Crippen LogP contribution in [0.2, 0.25) is 0 Å². The summed E-state index contributed by atoms with van der Waals surface area (Å²) in [5, 5.41) is 10.6. The second-order valence-corrected chi connectivity index (χ2v) is 11.1. The van der Waals surface area contributed by atoms with Gasteiger partial charge in [0, 0.05) is 4.88 Å². The van der Waals surface area contributed by atoms with E-state index in [2.05, 4.69) is 55.8 Å². The lowest BCUT2D eigenvalue weighted by Crippen LogP contribution is -2.21. The van der Waals surface area contributed by atoms with Gasteiger partial charge in [0.1, 0.15) is 16.5 Å². The van der Waals surface area contributed by atoms with Crippen LogP contribution in [0.5, 0.6) is 0 Å². The van der Waals surface area contributed by atoms with Gasteiger partial charge in [-0.05, 0) is 57.8 Å². The van der Waals surface area contributed by atoms with E-state index in [0.29, 0.717) is 11.2 Å². The monoisotopic (exact) mass is 480 g/mol. The van der Waals surface area contributed by atoms with Crippen molar-refractivity contribution >= 4 is 33.3 Å². The molecular formula is C24H28N6OS2. The highest BCUT2D eigenvalue weighted by Crippen LogP contribution is 2.34. The average Bonchev–Trinajstić information content (AvgIpc) is 3.51. The molecule has 5 rings (SSSR count). The molecule has 0 bridgehead atoms. The van der Waals surface area contributed by atoms with E-state index in [1.807, 2.05) is 19.9 Å². The number of rotatable bonds is 7. The van der Waals surface area contributed by atoms with Crippen LogP contribution in [0.1, 0.15) is 52.7 Å². The second-order valence-electron chi connectivity index (χ2n) is 8.63. The Bertz CT molecular complexity index is 1320. The number of aryl methyl sites for hydroxylation is 2. The van der Waals surface area contributed by atoms with Gasteiger partial charge in [0.15, 0.2) is 5.16 Å². The van der Waals surface area contributed by atoms with Crippen molar-refractivity contribution in [2.75, 3.05) is 13.1 Å². The van der Waals surface area contributed by atoms with Crippen LogP contribution in [0.4, 0.5) is 0 Å². The van der Waals surface area contributed by atoms with Crippen molar-refractivity contribution in [3.63, 3.8) is 0 Å². The largest absolute Gasteiger partial charge is 0.309 e. The number of aromatic amines is 1. The first kappa shape index (κ1) is 22.3. The van der Waals surface area contributed by atoms with Crippen molar-refractivity contribution < 1.29 is 0 Å². The van der Waals surface area contributed by atoms with E-state index in [1.165, 1.54) is 18.4 Å². The molecule has 7 nitrogen and oxygen atoms in total. The molecule has 1 atom stereocenters. The van der Waals surface area contributed by atoms with Gasteiger partial charge in [-0.1, -0.05) is 42.1 Å². The maximum Gasteiger partial charge on any atom is 0.259 e. The fraction of sp³-hybridized carbons (Fsp3) is 0.417. The molecule has 1 fully saturated rings. The predicted octanol–water partition coefficient (Wildman–Crippen LogP) is 4.69. The molecule has 0 aliphatic carbocycles. The second kappa shape index (κ2) is 9.40. The number of likely N-dealkylation sites (tertiary alicyclic amines) is 1. The third kappa shape index (κ3) is 4.62. The Balaban J connectivity index is 1.45. The number of aromatic nitrogens is 5. The summed E-state index contributed by atoms with van der Waals surface area (Å²) in [7, 11) is 0. The fourth-order valence-corrected chi connectivity index (χ4v) is 6.23. The summed E-state index contributed by atoms with van der Waals surface area (Å²) in [5.74, 6) is 1.66. The zero-order valence-electron chi connectivity index (χ0n) is 19.2. The first-order chi connectivity index (χ1) is 16.0. The molecule has 9 heteroatoms. The average molecular weight is 481 g/mol. The Kier molecular flexibility index (Phi) is 6.36. The molecular weight excluding hydrogens is 452 g/mol. The Morgan fingerprint density at radius 2 is 1.88 bits per heavy atom. The molecule has 1 aliphatic rings. The Morgan fingerprint density at radius 1 is 1.12 bits per heavy atom. The van der Waals surface area contributed by atoms with E-state index < -0.39 is 0 Å². The smallest absolute Gasteiger partial charge is 0.259 e. The Labute approximate surface area is 201 Å². The van der Waals surface area contributed by atoms with Gasteiger partial charge in [0.2, 0.25) is 0 Å². The third-order valence-corrected chi connectivity index (χ3v) is 8.46. The van der Waals surface area contributed by atoms with Crippen molar-refractivity contribution in [3.05, 3.63) is 68.3 Å². The summed E-state index contributed by atoms with van der Waals surface area (Å²) < 4.78 is 2.21. The van der Waals surface area contributed by atoms with Crippen LogP contribution in [0.25, 0.3) is 10.2 Å². The molecule has 0 radical (unpaired) electrons. The molecule has 172 valence electrons. The number of benzene rings is 1. The highest BCUT2D eigenvalue weighted by atomic mass is 32.2. The van der Waals surface area contributed by atoms with Gasteiger partial charge >= 0.3 is 0 Å². The number of thiophene rings is 1. The van der Waals surface area contributed by atoms with Gasteiger partial charge in [-0.3, -0.25) is 9.69 Å². The summed E-state index contributed by atoms with van der Waals surface area (Å²) in [6, 6.07) is 10.4. The van der Waals surface area contributed by atoms with E-state index >= 15 is 0 Å². The molecule has 4 aromatic rings. The van der Waals surface area contributed by atoms with Crippen molar-refractivity contribution in [2.24, 2.45) is 0 Å². The molecule has 1 unspecified atom stereocenters. The van der Waals surface area contributed by atoms with Crippen molar-refractivity contribution in [1.82, 2.24) is 29.6 Å². The van der Waals surface area contributed by atoms with Crippen molar-refractivity contribution in [1.29, 1.82) is 0 Å². The van der Waals surface area contributed by atoms with E-state index in [9.17, 15) is 4.79 Å². The molecule has 1 aromatic carbocycles.